The predicted molar refractivity (Wildman–Crippen MR) is 185 cm³/mol. The number of halogens is 3. The molecule has 1 aromatic carbocycles. The molecule has 4 heterocycles. The van der Waals surface area contributed by atoms with Crippen LogP contribution in [0.3, 0.4) is 0 Å². The largest absolute Gasteiger partial charge is 0.343 e. The number of piperidine rings is 2. The summed E-state index contributed by atoms with van der Waals surface area (Å²) in [5.41, 5.74) is 5.03. The molecule has 44 heavy (non-hydrogen) atoms. The average Bonchev–Trinajstić information content (AvgIpc) is 3.15. The first-order chi connectivity index (χ1) is 21.1. The Balaban J connectivity index is 1.03. The van der Waals surface area contributed by atoms with Gasteiger partial charge in [-0.3, -0.25) is 23.7 Å². The van der Waals surface area contributed by atoms with Crippen molar-refractivity contribution < 1.29 is 13.8 Å². The van der Waals surface area contributed by atoms with Gasteiger partial charge in [-0.2, -0.15) is 0 Å². The first-order valence-corrected chi connectivity index (χ1v) is 19.8. The number of carbonyl (C=O) groups excluding carboxylic acids is 2. The Morgan fingerprint density at radius 1 is 0.909 bits per heavy atom. The highest BCUT2D eigenvalue weighted by Crippen LogP contribution is 2.46. The zero-order valence-corrected chi connectivity index (χ0v) is 29.9. The molecule has 0 N–H and O–H groups in total. The van der Waals surface area contributed by atoms with E-state index in [1.165, 1.54) is 16.7 Å². The number of nitrogens with zero attached hydrogens (tertiary/aromatic N) is 4. The van der Waals surface area contributed by atoms with Gasteiger partial charge in [0.25, 0.3) is 0 Å². The number of hydrogen-bond donors (Lipinski definition) is 0. The van der Waals surface area contributed by atoms with Crippen LogP contribution in [0.25, 0.3) is 0 Å². The first kappa shape index (κ1) is 32.5. The van der Waals surface area contributed by atoms with E-state index in [0.717, 1.165) is 71.3 Å². The van der Waals surface area contributed by atoms with E-state index in [1.54, 1.807) is 0 Å². The molecule has 11 heteroatoms. The molecule has 3 saturated heterocycles. The average molecular weight is 769 g/mol. The first-order valence-electron chi connectivity index (χ1n) is 15.8. The third-order valence-corrected chi connectivity index (χ3v) is 13.3. The van der Waals surface area contributed by atoms with Crippen molar-refractivity contribution >= 4 is 70.7 Å². The number of hydrogen-bond acceptors (Lipinski definition) is 5. The Morgan fingerprint density at radius 2 is 1.55 bits per heavy atom. The van der Waals surface area contributed by atoms with Gasteiger partial charge in [0.1, 0.15) is 0 Å². The van der Waals surface area contributed by atoms with E-state index >= 15 is 0 Å². The SMILES string of the molecule is C=S1(=O)CCN(CC(=O)N2CCC(CC(=O)N3CCC(C4c5ncc(Br)cc5CCc5cc(Cl)cc(Br)c54)CC3)CC2)CC1. The molecular formula is C33H41Br2ClN4O3S. The zero-order chi connectivity index (χ0) is 31.0. The molecule has 0 saturated carbocycles. The van der Waals surface area contributed by atoms with Gasteiger partial charge >= 0.3 is 0 Å². The van der Waals surface area contributed by atoms with Gasteiger partial charge in [0, 0.05) is 83.3 Å². The summed E-state index contributed by atoms with van der Waals surface area (Å²) in [5.74, 6) is 6.22. The molecule has 1 unspecified atom stereocenters. The number of rotatable bonds is 5. The molecule has 3 aliphatic heterocycles. The molecule has 3 fully saturated rings. The van der Waals surface area contributed by atoms with E-state index in [1.807, 2.05) is 17.2 Å². The Morgan fingerprint density at radius 3 is 2.25 bits per heavy atom. The van der Waals surface area contributed by atoms with E-state index in [4.69, 9.17) is 16.6 Å². The lowest BCUT2D eigenvalue weighted by molar-refractivity contribution is -0.135. The van der Waals surface area contributed by atoms with Crippen LogP contribution in [0.5, 0.6) is 0 Å². The summed E-state index contributed by atoms with van der Waals surface area (Å²) in [5, 5.41) is 0.749. The fraction of sp³-hybridized carbons (Fsp3) is 0.576. The Hall–Kier alpha value is -1.46. The van der Waals surface area contributed by atoms with Gasteiger partial charge in [-0.15, -0.1) is 0 Å². The van der Waals surface area contributed by atoms with E-state index in [-0.39, 0.29) is 17.7 Å². The maximum absolute atomic E-state index is 13.4. The van der Waals surface area contributed by atoms with Crippen molar-refractivity contribution in [3.63, 3.8) is 0 Å². The second-order valence-corrected chi connectivity index (χ2v) is 18.0. The van der Waals surface area contributed by atoms with Gasteiger partial charge in [0.2, 0.25) is 11.8 Å². The van der Waals surface area contributed by atoms with Crippen molar-refractivity contribution in [1.29, 1.82) is 0 Å². The smallest absolute Gasteiger partial charge is 0.236 e. The maximum atomic E-state index is 13.4. The van der Waals surface area contributed by atoms with Crippen LogP contribution < -0.4 is 0 Å². The molecular weight excluding hydrogens is 728 g/mol. The Labute approximate surface area is 283 Å². The fourth-order valence-corrected chi connectivity index (χ4v) is 10.4. The summed E-state index contributed by atoms with van der Waals surface area (Å²) in [6.07, 6.45) is 7.94. The van der Waals surface area contributed by atoms with Gasteiger partial charge in [0.05, 0.1) is 12.2 Å². The summed E-state index contributed by atoms with van der Waals surface area (Å²) in [7, 11) is -1.96. The number of carbonyl (C=O) groups is 2. The van der Waals surface area contributed by atoms with Crippen LogP contribution in [-0.4, -0.2) is 98.9 Å². The molecule has 6 rings (SSSR count). The van der Waals surface area contributed by atoms with Crippen LogP contribution in [0.15, 0.2) is 33.3 Å². The van der Waals surface area contributed by atoms with Gasteiger partial charge in [-0.05, 0) is 117 Å². The number of amides is 2. The minimum atomic E-state index is -1.96. The summed E-state index contributed by atoms with van der Waals surface area (Å²) < 4.78 is 14.2. The van der Waals surface area contributed by atoms with Crippen LogP contribution in [0.2, 0.25) is 5.02 Å². The Bertz CT molecular complexity index is 1510. The van der Waals surface area contributed by atoms with Crippen molar-refractivity contribution in [1.82, 2.24) is 19.7 Å². The minimum absolute atomic E-state index is 0.145. The highest BCUT2D eigenvalue weighted by Gasteiger charge is 2.37. The molecule has 7 nitrogen and oxygen atoms in total. The topological polar surface area (TPSA) is 73.8 Å². The summed E-state index contributed by atoms with van der Waals surface area (Å²) in [4.78, 5) is 37.4. The van der Waals surface area contributed by atoms with Crippen LogP contribution in [0, 0.1) is 11.8 Å². The maximum Gasteiger partial charge on any atom is 0.236 e. The van der Waals surface area contributed by atoms with Crippen LogP contribution >= 0.6 is 43.5 Å². The third-order valence-electron chi connectivity index (χ3n) is 10.1. The molecule has 4 aliphatic rings. The zero-order valence-electron chi connectivity index (χ0n) is 25.1. The number of likely N-dealkylation sites (tertiary alicyclic amines) is 2. The third kappa shape index (κ3) is 7.40. The Kier molecular flexibility index (Phi) is 10.1. The van der Waals surface area contributed by atoms with Gasteiger partial charge in [-0.1, -0.05) is 27.5 Å². The molecule has 1 atom stereocenters. The van der Waals surface area contributed by atoms with Crippen LogP contribution in [0.1, 0.15) is 60.4 Å². The quantitative estimate of drug-likeness (QED) is 0.382. The van der Waals surface area contributed by atoms with Crippen molar-refractivity contribution in [3.8, 4) is 0 Å². The molecule has 1 aromatic heterocycles. The molecule has 0 radical (unpaired) electrons. The lowest BCUT2D eigenvalue weighted by Crippen LogP contribution is -2.48. The highest BCUT2D eigenvalue weighted by atomic mass is 79.9. The monoisotopic (exact) mass is 766 g/mol. The number of benzene rings is 1. The van der Waals surface area contributed by atoms with Gasteiger partial charge < -0.3 is 9.80 Å². The lowest BCUT2D eigenvalue weighted by atomic mass is 9.76. The van der Waals surface area contributed by atoms with Crippen LogP contribution in [0.4, 0.5) is 0 Å². The molecule has 0 bridgehead atoms. The number of fused-ring (bicyclic) bond motifs is 2. The standard InChI is InChI=1S/C33H41Br2ClN4O3S/c1-44(43)14-12-38(13-15-44)21-30(42)40-8-4-22(5-9-40)16-29(41)39-10-6-23(7-11-39)32-31-24(18-27(36)19-28(31)35)2-3-25-17-26(34)20-37-33(25)32/h17-20,22-23,32H,1-16,21H2. The van der Waals surface area contributed by atoms with Gasteiger partial charge in [0.15, 0.2) is 0 Å². The summed E-state index contributed by atoms with van der Waals surface area (Å²) in [6, 6.07) is 6.33. The molecule has 1 aliphatic carbocycles. The molecule has 238 valence electrons. The van der Waals surface area contributed by atoms with E-state index in [2.05, 4.69) is 59.7 Å². The van der Waals surface area contributed by atoms with Crippen molar-refractivity contribution in [3.05, 3.63) is 60.7 Å². The second kappa shape index (κ2) is 13.7. The van der Waals surface area contributed by atoms with E-state index in [9.17, 15) is 13.8 Å². The van der Waals surface area contributed by atoms with Crippen molar-refractivity contribution in [2.45, 2.75) is 50.9 Å². The number of pyridine rings is 1. The van der Waals surface area contributed by atoms with Crippen LogP contribution in [-0.2, 0) is 32.0 Å². The minimum Gasteiger partial charge on any atom is -0.343 e. The van der Waals surface area contributed by atoms with Crippen molar-refractivity contribution in [2.75, 3.05) is 57.3 Å². The normalized spacial score (nSPS) is 23.1. The predicted octanol–water partition coefficient (Wildman–Crippen LogP) is 5.39. The van der Waals surface area contributed by atoms with Gasteiger partial charge in [-0.25, -0.2) is 0 Å². The molecule has 2 amide bonds. The highest BCUT2D eigenvalue weighted by molar-refractivity contribution is 9.10. The van der Waals surface area contributed by atoms with E-state index in [0.29, 0.717) is 62.5 Å². The van der Waals surface area contributed by atoms with Crippen molar-refractivity contribution in [2.24, 2.45) is 11.8 Å². The molecule has 2 aromatic rings. The number of aryl methyl sites for hydroxylation is 2. The van der Waals surface area contributed by atoms with E-state index < -0.39 is 9.52 Å². The fourth-order valence-electron chi connectivity index (χ4n) is 7.53. The summed E-state index contributed by atoms with van der Waals surface area (Å²) in [6.45, 7) is 4.69. The lowest BCUT2D eigenvalue weighted by Gasteiger charge is -2.38. The number of aromatic nitrogens is 1. The second-order valence-electron chi connectivity index (χ2n) is 13.0. The summed E-state index contributed by atoms with van der Waals surface area (Å²) >= 11 is 14.0. The molecule has 0 spiro atoms.